The van der Waals surface area contributed by atoms with Crippen LogP contribution in [-0.2, 0) is 11.3 Å². The molecule has 0 heterocycles. The van der Waals surface area contributed by atoms with Crippen LogP contribution in [0.4, 0.5) is 12.9 Å². The molecule has 1 rings (SSSR count). The molecule has 0 bridgehead atoms. The van der Waals surface area contributed by atoms with Gasteiger partial charge in [0.05, 0.1) is 13.7 Å². The predicted molar refractivity (Wildman–Crippen MR) is 60.9 cm³/mol. The van der Waals surface area contributed by atoms with E-state index in [1.54, 1.807) is 31.4 Å². The molecule has 1 aromatic carbocycles. The zero-order chi connectivity index (χ0) is 12.9. The molecular weight excluding hydrogens is 232 g/mol. The lowest BCUT2D eigenvalue weighted by Crippen LogP contribution is -2.22. The third-order valence-corrected chi connectivity index (χ3v) is 2.18. The summed E-state index contributed by atoms with van der Waals surface area (Å²) >= 11 is 0. The highest BCUT2D eigenvalue weighted by Gasteiger charge is 2.26. The van der Waals surface area contributed by atoms with E-state index in [1.807, 2.05) is 0 Å². The van der Waals surface area contributed by atoms with E-state index in [1.165, 1.54) is 0 Å². The number of ether oxygens (including phenoxy) is 2. The quantitative estimate of drug-likeness (QED) is 0.716. The Kier molecular flexibility index (Phi) is 4.63. The van der Waals surface area contributed by atoms with Gasteiger partial charge in [0.15, 0.2) is 0 Å². The average Bonchev–Trinajstić information content (AvgIpc) is 2.28. The molecule has 0 aliphatic heterocycles. The number of halogens is 3. The number of hydrogen-bond donors (Lipinski definition) is 0. The highest BCUT2D eigenvalue weighted by atomic mass is 19.4. The third kappa shape index (κ3) is 4.52. The standard InChI is InChI=1S/C11H13BF3O2/c1-9(12(13,14)15)7-17-8-10-3-5-11(16-2)6-4-10/h3-6H,1,7-8H2,2H3/q-1. The van der Waals surface area contributed by atoms with E-state index in [0.29, 0.717) is 5.75 Å². The van der Waals surface area contributed by atoms with E-state index >= 15 is 0 Å². The van der Waals surface area contributed by atoms with Crippen LogP contribution in [0.5, 0.6) is 5.75 Å². The number of benzene rings is 1. The Morgan fingerprint density at radius 1 is 1.24 bits per heavy atom. The van der Waals surface area contributed by atoms with Crippen molar-refractivity contribution < 1.29 is 22.4 Å². The zero-order valence-corrected chi connectivity index (χ0v) is 9.46. The first kappa shape index (κ1) is 13.6. The van der Waals surface area contributed by atoms with Crippen LogP contribution in [0.2, 0.25) is 0 Å². The summed E-state index contributed by atoms with van der Waals surface area (Å²) in [5.41, 5.74) is -0.0354. The van der Waals surface area contributed by atoms with Gasteiger partial charge in [-0.05, 0) is 17.7 Å². The smallest absolute Gasteiger partial charge is 0.497 e. The number of hydrogen-bond acceptors (Lipinski definition) is 2. The molecule has 0 amide bonds. The molecule has 0 radical (unpaired) electrons. The molecule has 0 saturated heterocycles. The average molecular weight is 245 g/mol. The van der Waals surface area contributed by atoms with E-state index in [4.69, 9.17) is 9.47 Å². The van der Waals surface area contributed by atoms with E-state index < -0.39 is 19.1 Å². The zero-order valence-electron chi connectivity index (χ0n) is 9.46. The largest absolute Gasteiger partial charge is 0.507 e. The molecule has 0 N–H and O–H groups in total. The lowest BCUT2D eigenvalue weighted by Gasteiger charge is -2.17. The highest BCUT2D eigenvalue weighted by molar-refractivity contribution is 6.66. The maximum atomic E-state index is 12.1. The van der Waals surface area contributed by atoms with Crippen molar-refractivity contribution >= 4 is 6.98 Å². The van der Waals surface area contributed by atoms with Crippen LogP contribution < -0.4 is 4.74 Å². The molecule has 0 aliphatic carbocycles. The summed E-state index contributed by atoms with van der Waals surface area (Å²) in [6, 6.07) is 6.92. The molecule has 94 valence electrons. The molecule has 2 nitrogen and oxygen atoms in total. The third-order valence-electron chi connectivity index (χ3n) is 2.18. The molecule has 0 fully saturated rings. The van der Waals surface area contributed by atoms with Gasteiger partial charge in [-0.15, -0.1) is 12.1 Å². The van der Waals surface area contributed by atoms with Crippen LogP contribution in [0, 0.1) is 0 Å². The fourth-order valence-corrected chi connectivity index (χ4v) is 1.12. The van der Waals surface area contributed by atoms with Gasteiger partial charge in [0.1, 0.15) is 5.75 Å². The fraction of sp³-hybridized carbons (Fsp3) is 0.273. The van der Waals surface area contributed by atoms with Crippen LogP contribution in [0.1, 0.15) is 5.56 Å². The van der Waals surface area contributed by atoms with Crippen molar-refractivity contribution in [3.63, 3.8) is 0 Å². The molecule has 0 spiro atoms. The topological polar surface area (TPSA) is 18.5 Å². The normalized spacial score (nSPS) is 11.3. The van der Waals surface area contributed by atoms with Crippen LogP contribution >= 0.6 is 0 Å². The predicted octanol–water partition coefficient (Wildman–Crippen LogP) is 3.15. The van der Waals surface area contributed by atoms with Crippen molar-refractivity contribution in [3.05, 3.63) is 41.9 Å². The van der Waals surface area contributed by atoms with Crippen molar-refractivity contribution in [1.29, 1.82) is 0 Å². The summed E-state index contributed by atoms with van der Waals surface area (Å²) in [5, 5.41) is 0. The summed E-state index contributed by atoms with van der Waals surface area (Å²) in [6.45, 7) is -2.43. The monoisotopic (exact) mass is 245 g/mol. The van der Waals surface area contributed by atoms with Crippen LogP contribution in [0.25, 0.3) is 0 Å². The van der Waals surface area contributed by atoms with Gasteiger partial charge in [-0.3, -0.25) is 0 Å². The molecule has 0 aromatic heterocycles. The lowest BCUT2D eigenvalue weighted by atomic mass is 9.81. The van der Waals surface area contributed by atoms with Crippen LogP contribution in [0.15, 0.2) is 36.3 Å². The van der Waals surface area contributed by atoms with Crippen LogP contribution in [0.3, 0.4) is 0 Å². The minimum Gasteiger partial charge on any atom is -0.497 e. The van der Waals surface area contributed by atoms with E-state index in [-0.39, 0.29) is 6.61 Å². The molecular formula is C11H13BF3O2-. The minimum atomic E-state index is -5.00. The lowest BCUT2D eigenvalue weighted by molar-refractivity contribution is 0.143. The summed E-state index contributed by atoms with van der Waals surface area (Å²) in [4.78, 5) is 0. The maximum absolute atomic E-state index is 12.1. The Bertz CT molecular complexity index is 373. The summed E-state index contributed by atoms with van der Waals surface area (Å²) in [7, 11) is 1.54. The minimum absolute atomic E-state index is 0.120. The number of methoxy groups -OCH3 is 1. The molecule has 0 saturated carbocycles. The van der Waals surface area contributed by atoms with E-state index in [9.17, 15) is 12.9 Å². The van der Waals surface area contributed by atoms with Gasteiger partial charge < -0.3 is 22.4 Å². The van der Waals surface area contributed by atoms with E-state index in [0.717, 1.165) is 5.56 Å². The Morgan fingerprint density at radius 3 is 2.29 bits per heavy atom. The van der Waals surface area contributed by atoms with Gasteiger partial charge in [-0.2, -0.15) is 0 Å². The molecule has 1 aromatic rings. The second kappa shape index (κ2) is 5.77. The first-order valence-corrected chi connectivity index (χ1v) is 5.02. The van der Waals surface area contributed by atoms with Crippen molar-refractivity contribution in [1.82, 2.24) is 0 Å². The van der Waals surface area contributed by atoms with Gasteiger partial charge in [-0.1, -0.05) is 12.1 Å². The SMILES string of the molecule is C=C(COCc1ccc(OC)cc1)[B-](F)(F)F. The van der Waals surface area contributed by atoms with Crippen LogP contribution in [-0.4, -0.2) is 20.7 Å². The second-order valence-corrected chi connectivity index (χ2v) is 3.57. The first-order chi connectivity index (χ1) is 7.93. The van der Waals surface area contributed by atoms with Gasteiger partial charge in [-0.25, -0.2) is 0 Å². The van der Waals surface area contributed by atoms with Gasteiger partial charge >= 0.3 is 6.98 Å². The Balaban J connectivity index is 2.38. The molecule has 0 unspecified atom stereocenters. The first-order valence-electron chi connectivity index (χ1n) is 5.02. The van der Waals surface area contributed by atoms with E-state index in [2.05, 4.69) is 6.58 Å². The summed E-state index contributed by atoms with van der Waals surface area (Å²) in [6.07, 6.45) is 0. The number of rotatable bonds is 6. The maximum Gasteiger partial charge on any atom is 0.507 e. The van der Waals surface area contributed by atoms with Crippen molar-refractivity contribution in [2.24, 2.45) is 0 Å². The summed E-state index contributed by atoms with van der Waals surface area (Å²) in [5.74, 6) is 0.691. The molecule has 0 aliphatic rings. The van der Waals surface area contributed by atoms with Crippen molar-refractivity contribution in [2.75, 3.05) is 13.7 Å². The molecule has 17 heavy (non-hydrogen) atoms. The summed E-state index contributed by atoms with van der Waals surface area (Å²) < 4.78 is 46.3. The van der Waals surface area contributed by atoms with Gasteiger partial charge in [0.25, 0.3) is 0 Å². The molecule has 0 atom stereocenters. The Labute approximate surface area is 98.1 Å². The Morgan fingerprint density at radius 2 is 1.82 bits per heavy atom. The Hall–Kier alpha value is -1.43. The highest BCUT2D eigenvalue weighted by Crippen LogP contribution is 2.19. The van der Waals surface area contributed by atoms with Crippen molar-refractivity contribution in [3.8, 4) is 5.75 Å². The molecule has 6 heteroatoms. The van der Waals surface area contributed by atoms with Gasteiger partial charge in [0, 0.05) is 6.61 Å². The fourth-order valence-electron chi connectivity index (χ4n) is 1.12. The van der Waals surface area contributed by atoms with Crippen molar-refractivity contribution in [2.45, 2.75) is 6.61 Å². The van der Waals surface area contributed by atoms with Gasteiger partial charge in [0.2, 0.25) is 0 Å². The second-order valence-electron chi connectivity index (χ2n) is 3.57.